The van der Waals surface area contributed by atoms with E-state index < -0.39 is 5.97 Å². The van der Waals surface area contributed by atoms with Crippen molar-refractivity contribution in [1.29, 1.82) is 0 Å². The minimum atomic E-state index is -0.867. The molecule has 0 aliphatic carbocycles. The van der Waals surface area contributed by atoms with E-state index in [1.807, 2.05) is 12.1 Å². The Hall–Kier alpha value is -1.66. The van der Waals surface area contributed by atoms with E-state index in [0.717, 1.165) is 17.0 Å². The molecule has 3 N–H and O–H groups in total. The summed E-state index contributed by atoms with van der Waals surface area (Å²) in [4.78, 5) is 11.4. The van der Waals surface area contributed by atoms with E-state index >= 15 is 0 Å². The third kappa shape index (κ3) is 3.46. The van der Waals surface area contributed by atoms with Crippen molar-refractivity contribution >= 4 is 17.3 Å². The average Bonchev–Trinajstić information content (AvgIpc) is 2.96. The maximum Gasteiger partial charge on any atom is 0.346 e. The molecule has 2 heterocycles. The van der Waals surface area contributed by atoms with E-state index in [1.54, 1.807) is 5.38 Å². The lowest BCUT2D eigenvalue weighted by Crippen LogP contribution is -2.14. The van der Waals surface area contributed by atoms with Gasteiger partial charge in [-0.1, -0.05) is 20.8 Å². The summed E-state index contributed by atoms with van der Waals surface area (Å²) >= 11 is 1.25. The number of carboxylic acid groups (broad SMARTS) is 1. The van der Waals surface area contributed by atoms with Crippen LogP contribution in [0.2, 0.25) is 0 Å². The number of rotatable bonds is 5. The molecule has 0 aliphatic heterocycles. The molecule has 0 fully saturated rings. The van der Waals surface area contributed by atoms with Gasteiger partial charge >= 0.3 is 5.97 Å². The topological polar surface area (TPSA) is 78.0 Å². The van der Waals surface area contributed by atoms with Crippen LogP contribution < -0.4 is 5.32 Å². The standard InChI is InChI=1S/C14H19N3O2S/c1-14(2,3)11-6-10(16-17-11)8-15-7-9-4-5-20-12(9)13(18)19/h4-6,15H,7-8H2,1-3H3,(H,16,17)(H,18,19). The first-order valence-corrected chi connectivity index (χ1v) is 7.31. The number of aromatic amines is 1. The fraction of sp³-hybridized carbons (Fsp3) is 0.429. The highest BCUT2D eigenvalue weighted by molar-refractivity contribution is 7.12. The van der Waals surface area contributed by atoms with Crippen molar-refractivity contribution in [2.45, 2.75) is 39.3 Å². The van der Waals surface area contributed by atoms with Crippen LogP contribution in [0.3, 0.4) is 0 Å². The summed E-state index contributed by atoms with van der Waals surface area (Å²) in [5, 5.41) is 21.4. The van der Waals surface area contributed by atoms with Gasteiger partial charge in [0.2, 0.25) is 0 Å². The van der Waals surface area contributed by atoms with Crippen molar-refractivity contribution in [1.82, 2.24) is 15.5 Å². The molecule has 0 radical (unpaired) electrons. The van der Waals surface area contributed by atoms with Gasteiger partial charge in [0, 0.05) is 24.2 Å². The van der Waals surface area contributed by atoms with Crippen molar-refractivity contribution in [2.24, 2.45) is 0 Å². The molecule has 0 amide bonds. The number of hydrogen-bond donors (Lipinski definition) is 3. The summed E-state index contributed by atoms with van der Waals surface area (Å²) in [6, 6.07) is 3.88. The van der Waals surface area contributed by atoms with E-state index in [1.165, 1.54) is 11.3 Å². The first-order chi connectivity index (χ1) is 9.38. The summed E-state index contributed by atoms with van der Waals surface area (Å²) in [5.74, 6) is -0.867. The Labute approximate surface area is 122 Å². The number of nitrogens with one attached hydrogen (secondary N) is 2. The van der Waals surface area contributed by atoms with Gasteiger partial charge in [0.1, 0.15) is 4.88 Å². The van der Waals surface area contributed by atoms with Crippen LogP contribution in [0.5, 0.6) is 0 Å². The smallest absolute Gasteiger partial charge is 0.346 e. The summed E-state index contributed by atoms with van der Waals surface area (Å²) in [6.07, 6.45) is 0. The number of carbonyl (C=O) groups is 1. The largest absolute Gasteiger partial charge is 0.477 e. The molecule has 108 valence electrons. The Morgan fingerprint density at radius 1 is 1.45 bits per heavy atom. The molecule has 2 rings (SSSR count). The van der Waals surface area contributed by atoms with Crippen molar-refractivity contribution < 1.29 is 9.90 Å². The van der Waals surface area contributed by atoms with Crippen LogP contribution >= 0.6 is 11.3 Å². The number of thiophene rings is 1. The van der Waals surface area contributed by atoms with Crippen LogP contribution in [-0.2, 0) is 18.5 Å². The second kappa shape index (κ2) is 5.76. The molecule has 6 heteroatoms. The van der Waals surface area contributed by atoms with Gasteiger partial charge in [0.15, 0.2) is 0 Å². The van der Waals surface area contributed by atoms with Gasteiger partial charge < -0.3 is 10.4 Å². The van der Waals surface area contributed by atoms with Gasteiger partial charge in [0.05, 0.1) is 5.69 Å². The molecule has 0 saturated heterocycles. The second-order valence-corrected chi connectivity index (χ2v) is 6.63. The normalized spacial score (nSPS) is 11.8. The summed E-state index contributed by atoms with van der Waals surface area (Å²) < 4.78 is 0. The van der Waals surface area contributed by atoms with Gasteiger partial charge in [-0.15, -0.1) is 11.3 Å². The molecule has 0 unspecified atom stereocenters. The Kier molecular flexibility index (Phi) is 4.25. The van der Waals surface area contributed by atoms with Crippen molar-refractivity contribution in [3.63, 3.8) is 0 Å². The molecule has 0 bridgehead atoms. The molecule has 0 aromatic carbocycles. The lowest BCUT2D eigenvalue weighted by Gasteiger charge is -2.13. The molecule has 2 aromatic heterocycles. The minimum absolute atomic E-state index is 0.0264. The van der Waals surface area contributed by atoms with E-state index in [0.29, 0.717) is 18.0 Å². The lowest BCUT2D eigenvalue weighted by atomic mass is 9.92. The van der Waals surface area contributed by atoms with Gasteiger partial charge in [-0.25, -0.2) is 4.79 Å². The van der Waals surface area contributed by atoms with Gasteiger partial charge in [-0.05, 0) is 23.1 Å². The van der Waals surface area contributed by atoms with Crippen LogP contribution in [-0.4, -0.2) is 21.3 Å². The fourth-order valence-corrected chi connectivity index (χ4v) is 2.59. The maximum atomic E-state index is 11.0. The number of carboxylic acids is 1. The van der Waals surface area contributed by atoms with E-state index in [9.17, 15) is 4.79 Å². The Balaban J connectivity index is 1.91. The Morgan fingerprint density at radius 2 is 2.20 bits per heavy atom. The molecule has 0 atom stereocenters. The quantitative estimate of drug-likeness (QED) is 0.792. The zero-order valence-corrected chi connectivity index (χ0v) is 12.7. The Morgan fingerprint density at radius 3 is 2.80 bits per heavy atom. The third-order valence-corrected chi connectivity index (χ3v) is 3.92. The highest BCUT2D eigenvalue weighted by atomic mass is 32.1. The predicted octanol–water partition coefficient (Wildman–Crippen LogP) is 2.76. The van der Waals surface area contributed by atoms with E-state index in [2.05, 4.69) is 36.3 Å². The predicted molar refractivity (Wildman–Crippen MR) is 79.1 cm³/mol. The molecular weight excluding hydrogens is 274 g/mol. The summed E-state index contributed by atoms with van der Waals surface area (Å²) in [6.45, 7) is 7.52. The highest BCUT2D eigenvalue weighted by Gasteiger charge is 2.17. The number of aromatic carboxylic acids is 1. The minimum Gasteiger partial charge on any atom is -0.477 e. The van der Waals surface area contributed by atoms with Gasteiger partial charge in [0.25, 0.3) is 0 Å². The summed E-state index contributed by atoms with van der Waals surface area (Å²) in [5.41, 5.74) is 2.87. The van der Waals surface area contributed by atoms with Crippen LogP contribution in [0.1, 0.15) is 47.4 Å². The first-order valence-electron chi connectivity index (χ1n) is 6.43. The SMILES string of the molecule is CC(C)(C)c1cc(CNCc2ccsc2C(=O)O)[nH]n1. The number of H-pyrrole nitrogens is 1. The molecule has 5 nitrogen and oxygen atoms in total. The van der Waals surface area contributed by atoms with E-state index in [-0.39, 0.29) is 5.41 Å². The first kappa shape index (κ1) is 14.7. The fourth-order valence-electron chi connectivity index (χ4n) is 1.83. The average molecular weight is 293 g/mol. The third-order valence-electron chi connectivity index (χ3n) is 2.97. The maximum absolute atomic E-state index is 11.0. The number of nitrogens with zero attached hydrogens (tertiary/aromatic N) is 1. The van der Waals surface area contributed by atoms with Gasteiger partial charge in [-0.3, -0.25) is 5.10 Å². The van der Waals surface area contributed by atoms with Crippen LogP contribution in [0.4, 0.5) is 0 Å². The summed E-state index contributed by atoms with van der Waals surface area (Å²) in [7, 11) is 0. The highest BCUT2D eigenvalue weighted by Crippen LogP contribution is 2.20. The molecular formula is C14H19N3O2S. The molecule has 0 aliphatic rings. The monoisotopic (exact) mass is 293 g/mol. The molecule has 0 saturated carbocycles. The van der Waals surface area contributed by atoms with Crippen molar-refractivity contribution in [3.8, 4) is 0 Å². The van der Waals surface area contributed by atoms with E-state index in [4.69, 9.17) is 5.11 Å². The number of aromatic nitrogens is 2. The molecule has 2 aromatic rings. The van der Waals surface area contributed by atoms with Gasteiger partial charge in [-0.2, -0.15) is 5.10 Å². The van der Waals surface area contributed by atoms with Crippen molar-refractivity contribution in [3.05, 3.63) is 39.3 Å². The van der Waals surface area contributed by atoms with Crippen LogP contribution in [0, 0.1) is 0 Å². The molecule has 0 spiro atoms. The van der Waals surface area contributed by atoms with Crippen LogP contribution in [0.15, 0.2) is 17.5 Å². The number of hydrogen-bond acceptors (Lipinski definition) is 4. The zero-order valence-electron chi connectivity index (χ0n) is 11.9. The van der Waals surface area contributed by atoms with Crippen molar-refractivity contribution in [2.75, 3.05) is 0 Å². The molecule has 20 heavy (non-hydrogen) atoms. The van der Waals surface area contributed by atoms with Crippen LogP contribution in [0.25, 0.3) is 0 Å². The Bertz CT molecular complexity index is 596. The lowest BCUT2D eigenvalue weighted by molar-refractivity contribution is 0.0701. The zero-order chi connectivity index (χ0) is 14.8. The second-order valence-electron chi connectivity index (χ2n) is 5.71.